The largest absolute Gasteiger partial charge is 0.491 e. The average Bonchev–Trinajstić information content (AvgIpc) is 2.54. The fourth-order valence-corrected chi connectivity index (χ4v) is 1.98. The van der Waals surface area contributed by atoms with Gasteiger partial charge in [-0.3, -0.25) is 4.79 Å². The summed E-state index contributed by atoms with van der Waals surface area (Å²) >= 11 is 0. The number of nitrogens with one attached hydrogen (secondary N) is 1. The molecule has 0 radical (unpaired) electrons. The third-order valence-electron chi connectivity index (χ3n) is 3.06. The molecule has 0 aromatic heterocycles. The standard InChI is InChI=1S/C18H18F3NO3/c1-12(2)25-16-9-5-14(6-10-16)22-17(23)11-24-15-7-3-13(4-8-15)18(19,20)21/h3-10,12H,11H2,1-2H3,(H,22,23). The van der Waals surface area contributed by atoms with E-state index in [1.54, 1.807) is 24.3 Å². The van der Waals surface area contributed by atoms with Gasteiger partial charge in [-0.25, -0.2) is 0 Å². The number of benzene rings is 2. The Morgan fingerprint density at radius 2 is 1.56 bits per heavy atom. The topological polar surface area (TPSA) is 47.6 Å². The molecule has 0 saturated heterocycles. The van der Waals surface area contributed by atoms with Gasteiger partial charge in [0.15, 0.2) is 6.61 Å². The molecule has 0 spiro atoms. The van der Waals surface area contributed by atoms with Gasteiger partial charge >= 0.3 is 6.18 Å². The summed E-state index contributed by atoms with van der Waals surface area (Å²) < 4.78 is 48.1. The first-order valence-corrected chi connectivity index (χ1v) is 7.60. The second kappa shape index (κ2) is 7.92. The van der Waals surface area contributed by atoms with Crippen molar-refractivity contribution in [1.82, 2.24) is 0 Å². The number of anilines is 1. The minimum Gasteiger partial charge on any atom is -0.491 e. The Labute approximate surface area is 143 Å². The van der Waals surface area contributed by atoms with Gasteiger partial charge in [-0.2, -0.15) is 13.2 Å². The van der Waals surface area contributed by atoms with Crippen LogP contribution >= 0.6 is 0 Å². The number of amides is 1. The average molecular weight is 353 g/mol. The maximum absolute atomic E-state index is 12.5. The van der Waals surface area contributed by atoms with Gasteiger partial charge in [0.05, 0.1) is 11.7 Å². The smallest absolute Gasteiger partial charge is 0.416 e. The number of halogens is 3. The highest BCUT2D eigenvalue weighted by Gasteiger charge is 2.30. The lowest BCUT2D eigenvalue weighted by Crippen LogP contribution is -2.20. The fraction of sp³-hybridized carbons (Fsp3) is 0.278. The Bertz CT molecular complexity index is 695. The van der Waals surface area contributed by atoms with Gasteiger partial charge in [-0.15, -0.1) is 0 Å². The summed E-state index contributed by atoms with van der Waals surface area (Å²) in [6.07, 6.45) is -4.35. The predicted octanol–water partition coefficient (Wildman–Crippen LogP) is 4.51. The number of hydrogen-bond donors (Lipinski definition) is 1. The second-order valence-corrected chi connectivity index (χ2v) is 5.55. The van der Waals surface area contributed by atoms with E-state index in [9.17, 15) is 18.0 Å². The molecule has 2 rings (SSSR count). The summed E-state index contributed by atoms with van der Waals surface area (Å²) in [6, 6.07) is 11.0. The minimum absolute atomic E-state index is 0.0533. The zero-order valence-corrected chi connectivity index (χ0v) is 13.8. The van der Waals surface area contributed by atoms with Crippen LogP contribution in [0.2, 0.25) is 0 Å². The van der Waals surface area contributed by atoms with Gasteiger partial charge < -0.3 is 14.8 Å². The Hall–Kier alpha value is -2.70. The van der Waals surface area contributed by atoms with Crippen LogP contribution in [0.25, 0.3) is 0 Å². The first kappa shape index (κ1) is 18.6. The van der Waals surface area contributed by atoms with E-state index in [2.05, 4.69) is 5.32 Å². The van der Waals surface area contributed by atoms with Crippen molar-refractivity contribution >= 4 is 11.6 Å². The predicted molar refractivity (Wildman–Crippen MR) is 87.8 cm³/mol. The number of alkyl halides is 3. The highest BCUT2D eigenvalue weighted by molar-refractivity contribution is 5.91. The fourth-order valence-electron chi connectivity index (χ4n) is 1.98. The normalized spacial score (nSPS) is 11.3. The van der Waals surface area contributed by atoms with Gasteiger partial charge in [0.25, 0.3) is 5.91 Å². The SMILES string of the molecule is CC(C)Oc1ccc(NC(=O)COc2ccc(C(F)(F)F)cc2)cc1. The molecule has 1 amide bonds. The Morgan fingerprint density at radius 1 is 1.00 bits per heavy atom. The molecule has 134 valence electrons. The zero-order valence-electron chi connectivity index (χ0n) is 13.8. The van der Waals surface area contributed by atoms with Gasteiger partial charge in [0, 0.05) is 5.69 Å². The van der Waals surface area contributed by atoms with Crippen LogP contribution in [0.4, 0.5) is 18.9 Å². The number of carbonyl (C=O) groups excluding carboxylic acids is 1. The molecule has 0 aliphatic rings. The second-order valence-electron chi connectivity index (χ2n) is 5.55. The van der Waals surface area contributed by atoms with E-state index in [0.29, 0.717) is 11.4 Å². The summed E-state index contributed by atoms with van der Waals surface area (Å²) in [5.41, 5.74) is -0.204. The number of rotatable bonds is 6. The molecule has 0 aliphatic heterocycles. The molecule has 1 N–H and O–H groups in total. The summed E-state index contributed by atoms with van der Waals surface area (Å²) in [6.45, 7) is 3.51. The summed E-state index contributed by atoms with van der Waals surface area (Å²) in [5, 5.41) is 2.63. The van der Waals surface area contributed by atoms with Crippen molar-refractivity contribution in [2.24, 2.45) is 0 Å². The van der Waals surface area contributed by atoms with Crippen LogP contribution < -0.4 is 14.8 Å². The van der Waals surface area contributed by atoms with E-state index in [0.717, 1.165) is 12.1 Å². The first-order valence-electron chi connectivity index (χ1n) is 7.60. The molecule has 7 heteroatoms. The van der Waals surface area contributed by atoms with Crippen molar-refractivity contribution in [3.63, 3.8) is 0 Å². The molecule has 2 aromatic carbocycles. The van der Waals surface area contributed by atoms with Gasteiger partial charge in [0.1, 0.15) is 11.5 Å². The van der Waals surface area contributed by atoms with Crippen LogP contribution in [-0.2, 0) is 11.0 Å². The molecule has 0 bridgehead atoms. The molecule has 0 heterocycles. The third-order valence-corrected chi connectivity index (χ3v) is 3.06. The van der Waals surface area contributed by atoms with Gasteiger partial charge in [-0.1, -0.05) is 0 Å². The highest BCUT2D eigenvalue weighted by atomic mass is 19.4. The van der Waals surface area contributed by atoms with Gasteiger partial charge in [-0.05, 0) is 62.4 Å². The first-order chi connectivity index (χ1) is 11.7. The number of carbonyl (C=O) groups is 1. The van der Waals surface area contributed by atoms with E-state index in [1.165, 1.54) is 12.1 Å². The Kier molecular flexibility index (Phi) is 5.90. The van der Waals surface area contributed by atoms with Crippen LogP contribution in [0.1, 0.15) is 19.4 Å². The molecule has 0 atom stereocenters. The third kappa shape index (κ3) is 6.02. The molecular formula is C18H18F3NO3. The molecule has 0 saturated carbocycles. The molecule has 0 aliphatic carbocycles. The summed E-state index contributed by atoms with van der Waals surface area (Å²) in [5.74, 6) is 0.454. The van der Waals surface area contributed by atoms with Crippen molar-refractivity contribution in [3.8, 4) is 11.5 Å². The summed E-state index contributed by atoms with van der Waals surface area (Å²) in [4.78, 5) is 11.8. The van der Waals surface area contributed by atoms with Crippen LogP contribution in [-0.4, -0.2) is 18.6 Å². The van der Waals surface area contributed by atoms with Crippen molar-refractivity contribution in [2.45, 2.75) is 26.1 Å². The van der Waals surface area contributed by atoms with E-state index in [4.69, 9.17) is 9.47 Å². The lowest BCUT2D eigenvalue weighted by atomic mass is 10.2. The van der Waals surface area contributed by atoms with Gasteiger partial charge in [0.2, 0.25) is 0 Å². The maximum atomic E-state index is 12.5. The molecule has 4 nitrogen and oxygen atoms in total. The zero-order chi connectivity index (χ0) is 18.4. The van der Waals surface area contributed by atoms with E-state index >= 15 is 0 Å². The van der Waals surface area contributed by atoms with Crippen molar-refractivity contribution < 1.29 is 27.4 Å². The maximum Gasteiger partial charge on any atom is 0.416 e. The van der Waals surface area contributed by atoms with Crippen LogP contribution in [0.3, 0.4) is 0 Å². The lowest BCUT2D eigenvalue weighted by Gasteiger charge is -2.11. The Morgan fingerprint density at radius 3 is 2.08 bits per heavy atom. The van der Waals surface area contributed by atoms with Crippen molar-refractivity contribution in [1.29, 1.82) is 0 Å². The molecule has 2 aromatic rings. The molecular weight excluding hydrogens is 335 g/mol. The van der Waals surface area contributed by atoms with Crippen LogP contribution in [0.15, 0.2) is 48.5 Å². The number of ether oxygens (including phenoxy) is 2. The monoisotopic (exact) mass is 353 g/mol. The highest BCUT2D eigenvalue weighted by Crippen LogP contribution is 2.30. The van der Waals surface area contributed by atoms with E-state index in [-0.39, 0.29) is 18.5 Å². The molecule has 25 heavy (non-hydrogen) atoms. The molecule has 0 fully saturated rings. The number of hydrogen-bond acceptors (Lipinski definition) is 3. The van der Waals surface area contributed by atoms with E-state index < -0.39 is 17.6 Å². The Balaban J connectivity index is 1.84. The van der Waals surface area contributed by atoms with Crippen molar-refractivity contribution in [2.75, 3.05) is 11.9 Å². The lowest BCUT2D eigenvalue weighted by molar-refractivity contribution is -0.137. The van der Waals surface area contributed by atoms with Crippen molar-refractivity contribution in [3.05, 3.63) is 54.1 Å². The quantitative estimate of drug-likeness (QED) is 0.831. The molecule has 0 unspecified atom stereocenters. The van der Waals surface area contributed by atoms with E-state index in [1.807, 2.05) is 13.8 Å². The van der Waals surface area contributed by atoms with Crippen LogP contribution in [0, 0.1) is 0 Å². The van der Waals surface area contributed by atoms with Crippen LogP contribution in [0.5, 0.6) is 11.5 Å². The summed E-state index contributed by atoms with van der Waals surface area (Å²) in [7, 11) is 0. The minimum atomic E-state index is -4.40.